The number of aromatic nitrogens is 2. The van der Waals surface area contributed by atoms with Crippen LogP contribution in [0.25, 0.3) is 11.5 Å². The highest BCUT2D eigenvalue weighted by Crippen LogP contribution is 2.28. The fraction of sp³-hybridized carbons (Fsp3) is 0.471. The molecule has 1 aromatic heterocycles. The van der Waals surface area contributed by atoms with Crippen molar-refractivity contribution in [2.24, 2.45) is 0 Å². The number of rotatable bonds is 6. The van der Waals surface area contributed by atoms with Crippen LogP contribution in [0.4, 0.5) is 0 Å². The van der Waals surface area contributed by atoms with Gasteiger partial charge in [-0.1, -0.05) is 12.1 Å². The van der Waals surface area contributed by atoms with Crippen LogP contribution < -0.4 is 4.74 Å². The lowest BCUT2D eigenvalue weighted by atomic mass is 10.2. The van der Waals surface area contributed by atoms with Gasteiger partial charge in [-0.3, -0.25) is 4.79 Å². The summed E-state index contributed by atoms with van der Waals surface area (Å²) in [5.74, 6) is 1.35. The standard InChI is InChI=1S/C17H21N3O5S/c1-20(12-9-10-26(22,23)11-12)16(21)8-7-15-18-19-17(25-15)13-5-3-4-6-14(13)24-2/h3-6,12H,7-11H2,1-2H3. The molecule has 2 aromatic rings. The number of aryl methyl sites for hydroxylation is 1. The van der Waals surface area contributed by atoms with Crippen molar-refractivity contribution in [1.82, 2.24) is 15.1 Å². The van der Waals surface area contributed by atoms with Gasteiger partial charge in [0.05, 0.1) is 24.2 Å². The van der Waals surface area contributed by atoms with Gasteiger partial charge in [-0.15, -0.1) is 10.2 Å². The Kier molecular flexibility index (Phi) is 5.26. The second-order valence-corrected chi connectivity index (χ2v) is 8.49. The van der Waals surface area contributed by atoms with Crippen LogP contribution in [0.3, 0.4) is 0 Å². The quantitative estimate of drug-likeness (QED) is 0.746. The Hall–Kier alpha value is -2.42. The van der Waals surface area contributed by atoms with Gasteiger partial charge in [-0.2, -0.15) is 0 Å². The summed E-state index contributed by atoms with van der Waals surface area (Å²) >= 11 is 0. The summed E-state index contributed by atoms with van der Waals surface area (Å²) in [5, 5.41) is 7.99. The van der Waals surface area contributed by atoms with E-state index in [9.17, 15) is 13.2 Å². The van der Waals surface area contributed by atoms with Crippen LogP contribution in [-0.2, 0) is 21.1 Å². The third-order valence-corrected chi connectivity index (χ3v) is 6.26. The third kappa shape index (κ3) is 4.04. The SMILES string of the molecule is COc1ccccc1-c1nnc(CCC(=O)N(C)C2CCS(=O)(=O)C2)o1. The van der Waals surface area contributed by atoms with E-state index in [0.717, 1.165) is 0 Å². The fourth-order valence-corrected chi connectivity index (χ4v) is 4.73. The van der Waals surface area contributed by atoms with Crippen LogP contribution in [0, 0.1) is 0 Å². The van der Waals surface area contributed by atoms with E-state index >= 15 is 0 Å². The van der Waals surface area contributed by atoms with Gasteiger partial charge in [0, 0.05) is 25.9 Å². The van der Waals surface area contributed by atoms with Crippen molar-refractivity contribution in [2.75, 3.05) is 25.7 Å². The molecule has 1 atom stereocenters. The van der Waals surface area contributed by atoms with E-state index in [1.807, 2.05) is 18.2 Å². The monoisotopic (exact) mass is 379 g/mol. The van der Waals surface area contributed by atoms with Crippen LogP contribution >= 0.6 is 0 Å². The number of carbonyl (C=O) groups is 1. The summed E-state index contributed by atoms with van der Waals surface area (Å²) in [4.78, 5) is 13.8. The molecule has 0 saturated carbocycles. The number of carbonyl (C=O) groups excluding carboxylic acids is 1. The number of nitrogens with zero attached hydrogens (tertiary/aromatic N) is 3. The minimum atomic E-state index is -3.02. The molecule has 3 rings (SSSR count). The second kappa shape index (κ2) is 7.45. The molecule has 2 heterocycles. The predicted octanol–water partition coefficient (Wildman–Crippen LogP) is 1.32. The molecule has 8 nitrogen and oxygen atoms in total. The molecule has 1 aliphatic heterocycles. The Morgan fingerprint density at radius 1 is 1.35 bits per heavy atom. The Morgan fingerprint density at radius 3 is 2.81 bits per heavy atom. The molecule has 1 aliphatic rings. The zero-order chi connectivity index (χ0) is 18.7. The minimum Gasteiger partial charge on any atom is -0.496 e. The van der Waals surface area contributed by atoms with E-state index < -0.39 is 9.84 Å². The number of benzene rings is 1. The molecule has 0 bridgehead atoms. The van der Waals surface area contributed by atoms with E-state index in [1.165, 1.54) is 4.90 Å². The first-order valence-corrected chi connectivity index (χ1v) is 10.1. The average molecular weight is 379 g/mol. The first kappa shape index (κ1) is 18.4. The molecule has 0 aliphatic carbocycles. The van der Waals surface area contributed by atoms with E-state index in [2.05, 4.69) is 10.2 Å². The van der Waals surface area contributed by atoms with Gasteiger partial charge in [0.1, 0.15) is 5.75 Å². The molecule has 0 spiro atoms. The highest BCUT2D eigenvalue weighted by molar-refractivity contribution is 7.91. The molecular formula is C17H21N3O5S. The molecule has 9 heteroatoms. The molecule has 0 N–H and O–H groups in total. The summed E-state index contributed by atoms with van der Waals surface area (Å²) in [6, 6.07) is 7.05. The lowest BCUT2D eigenvalue weighted by Crippen LogP contribution is -2.37. The number of hydrogen-bond acceptors (Lipinski definition) is 7. The number of amides is 1. The first-order chi connectivity index (χ1) is 12.4. The van der Waals surface area contributed by atoms with E-state index in [4.69, 9.17) is 9.15 Å². The maximum atomic E-state index is 12.3. The van der Waals surface area contributed by atoms with Gasteiger partial charge in [-0.05, 0) is 18.6 Å². The van der Waals surface area contributed by atoms with Crippen molar-refractivity contribution in [3.05, 3.63) is 30.2 Å². The Bertz CT molecular complexity index is 893. The third-order valence-electron chi connectivity index (χ3n) is 4.51. The summed E-state index contributed by atoms with van der Waals surface area (Å²) < 4.78 is 34.0. The molecule has 1 aromatic carbocycles. The van der Waals surface area contributed by atoms with Crippen molar-refractivity contribution >= 4 is 15.7 Å². The zero-order valence-electron chi connectivity index (χ0n) is 14.7. The van der Waals surface area contributed by atoms with Crippen LogP contribution in [0.15, 0.2) is 28.7 Å². The van der Waals surface area contributed by atoms with Crippen molar-refractivity contribution in [2.45, 2.75) is 25.3 Å². The molecule has 1 saturated heterocycles. The number of ether oxygens (including phenoxy) is 1. The van der Waals surface area contributed by atoms with Crippen molar-refractivity contribution in [1.29, 1.82) is 0 Å². The zero-order valence-corrected chi connectivity index (χ0v) is 15.5. The highest BCUT2D eigenvalue weighted by atomic mass is 32.2. The highest BCUT2D eigenvalue weighted by Gasteiger charge is 2.32. The summed E-state index contributed by atoms with van der Waals surface area (Å²) in [6.45, 7) is 0. The fourth-order valence-electron chi connectivity index (χ4n) is 2.96. The Morgan fingerprint density at radius 2 is 2.12 bits per heavy atom. The predicted molar refractivity (Wildman–Crippen MR) is 94.4 cm³/mol. The number of para-hydroxylation sites is 1. The molecule has 1 fully saturated rings. The van der Waals surface area contributed by atoms with Crippen LogP contribution in [0.2, 0.25) is 0 Å². The van der Waals surface area contributed by atoms with E-state index in [0.29, 0.717) is 35.9 Å². The molecule has 140 valence electrons. The molecule has 1 amide bonds. The van der Waals surface area contributed by atoms with Crippen LogP contribution in [0.1, 0.15) is 18.7 Å². The Labute approximate surface area is 152 Å². The topological polar surface area (TPSA) is 103 Å². The second-order valence-electron chi connectivity index (χ2n) is 6.26. The Balaban J connectivity index is 1.60. The van der Waals surface area contributed by atoms with Gasteiger partial charge in [-0.25, -0.2) is 8.42 Å². The molecular weight excluding hydrogens is 358 g/mol. The normalized spacial score (nSPS) is 18.6. The number of sulfone groups is 1. The summed E-state index contributed by atoms with van der Waals surface area (Å²) in [6.07, 6.45) is 0.967. The summed E-state index contributed by atoms with van der Waals surface area (Å²) in [5.41, 5.74) is 0.688. The lowest BCUT2D eigenvalue weighted by Gasteiger charge is -2.23. The van der Waals surface area contributed by atoms with Gasteiger partial charge >= 0.3 is 0 Å². The van der Waals surface area contributed by atoms with Crippen LogP contribution in [-0.4, -0.2) is 61.1 Å². The van der Waals surface area contributed by atoms with Gasteiger partial charge in [0.15, 0.2) is 9.84 Å². The molecule has 26 heavy (non-hydrogen) atoms. The molecule has 1 unspecified atom stereocenters. The average Bonchev–Trinajstić information content (AvgIpc) is 3.25. The largest absolute Gasteiger partial charge is 0.496 e. The van der Waals surface area contributed by atoms with Crippen molar-refractivity contribution in [3.8, 4) is 17.2 Å². The van der Waals surface area contributed by atoms with Crippen LogP contribution in [0.5, 0.6) is 5.75 Å². The van der Waals surface area contributed by atoms with E-state index in [-0.39, 0.29) is 29.9 Å². The van der Waals surface area contributed by atoms with Gasteiger partial charge in [0.2, 0.25) is 11.8 Å². The first-order valence-electron chi connectivity index (χ1n) is 8.31. The number of hydrogen-bond donors (Lipinski definition) is 0. The minimum absolute atomic E-state index is 0.0355. The lowest BCUT2D eigenvalue weighted by molar-refractivity contribution is -0.131. The van der Waals surface area contributed by atoms with Gasteiger partial charge in [0.25, 0.3) is 5.89 Å². The van der Waals surface area contributed by atoms with Crippen molar-refractivity contribution < 1.29 is 22.4 Å². The molecule has 0 radical (unpaired) electrons. The maximum absolute atomic E-state index is 12.3. The van der Waals surface area contributed by atoms with E-state index in [1.54, 1.807) is 20.2 Å². The van der Waals surface area contributed by atoms with Gasteiger partial charge < -0.3 is 14.1 Å². The number of methoxy groups -OCH3 is 1. The van der Waals surface area contributed by atoms with Crippen molar-refractivity contribution in [3.63, 3.8) is 0 Å². The maximum Gasteiger partial charge on any atom is 0.251 e. The smallest absolute Gasteiger partial charge is 0.251 e. The summed E-state index contributed by atoms with van der Waals surface area (Å²) in [7, 11) is 0.182.